The molecule has 1 aliphatic rings. The average molecular weight is 548 g/mol. The highest BCUT2D eigenvalue weighted by atomic mass is 16.5. The average Bonchev–Trinajstić information content (AvgIpc) is 3.31. The summed E-state index contributed by atoms with van der Waals surface area (Å²) in [4.78, 5) is 2.45. The van der Waals surface area contributed by atoms with Crippen LogP contribution in [0.4, 0.5) is 5.69 Å². The Labute approximate surface area is 246 Å². The van der Waals surface area contributed by atoms with Gasteiger partial charge >= 0.3 is 0 Å². The first-order valence-electron chi connectivity index (χ1n) is 14.4. The second-order valence-corrected chi connectivity index (χ2v) is 10.2. The van der Waals surface area contributed by atoms with E-state index in [4.69, 9.17) is 9.47 Å². The summed E-state index contributed by atoms with van der Waals surface area (Å²) < 4.78 is 12.0. The van der Waals surface area contributed by atoms with Gasteiger partial charge in [0.2, 0.25) is 0 Å². The lowest BCUT2D eigenvalue weighted by molar-refractivity contribution is 0.0750. The number of ether oxygens (including phenoxy) is 2. The molecule has 0 spiro atoms. The maximum atomic E-state index is 9.98. The van der Waals surface area contributed by atoms with E-state index in [2.05, 4.69) is 49.1 Å². The number of hydrogen-bond donors (Lipinski definition) is 0. The normalized spacial score (nSPS) is 18.1. The second-order valence-electron chi connectivity index (χ2n) is 10.2. The summed E-state index contributed by atoms with van der Waals surface area (Å²) in [6, 6.07) is 20.6. The highest BCUT2D eigenvalue weighted by Gasteiger charge is 2.43. The van der Waals surface area contributed by atoms with Gasteiger partial charge in [-0.2, -0.15) is 10.5 Å². The number of rotatable bonds is 13. The summed E-state index contributed by atoms with van der Waals surface area (Å²) in [5, 5.41) is 19.5. The minimum Gasteiger partial charge on any atom is -0.496 e. The van der Waals surface area contributed by atoms with Crippen molar-refractivity contribution in [3.8, 4) is 17.9 Å². The predicted molar refractivity (Wildman–Crippen MR) is 168 cm³/mol. The van der Waals surface area contributed by atoms with Crippen LogP contribution in [0.2, 0.25) is 0 Å². The molecule has 5 heteroatoms. The first-order chi connectivity index (χ1) is 19.9. The molecular weight excluding hydrogens is 506 g/mol. The molecule has 3 rings (SSSR count). The quantitative estimate of drug-likeness (QED) is 0.185. The zero-order valence-electron chi connectivity index (χ0n) is 25.0. The Hall–Kier alpha value is -4.48. The van der Waals surface area contributed by atoms with E-state index in [0.29, 0.717) is 16.9 Å². The standard InChI is InChI=1S/C36H41N3O2/c1-6-8-23-39(24-9-7-2)31-22-21-29(34(25-31)40-5)17-13-10-11-16-20-33-32(27-38)35(28(3)26-37)41-36(33,4)30-18-14-12-15-19-30/h10-22,25H,6-9,23-24H2,1-5H3/b11-10+,17-13+,20-16+,35-28-. The molecule has 0 fully saturated rings. The number of nitriles is 2. The molecule has 5 nitrogen and oxygen atoms in total. The number of benzene rings is 2. The van der Waals surface area contributed by atoms with Crippen LogP contribution in [-0.2, 0) is 10.3 Å². The van der Waals surface area contributed by atoms with Gasteiger partial charge < -0.3 is 14.4 Å². The number of unbranched alkanes of at least 4 members (excludes halogenated alkanes) is 2. The van der Waals surface area contributed by atoms with Crippen molar-refractivity contribution in [2.24, 2.45) is 0 Å². The van der Waals surface area contributed by atoms with Crippen LogP contribution in [0.3, 0.4) is 0 Å². The summed E-state index contributed by atoms with van der Waals surface area (Å²) in [6.07, 6.45) is 16.3. The third kappa shape index (κ3) is 7.59. The van der Waals surface area contributed by atoms with E-state index in [1.165, 1.54) is 31.4 Å². The van der Waals surface area contributed by atoms with Gasteiger partial charge in [0.05, 0.1) is 18.8 Å². The third-order valence-corrected chi connectivity index (χ3v) is 7.28. The van der Waals surface area contributed by atoms with Crippen LogP contribution in [0, 0.1) is 22.7 Å². The van der Waals surface area contributed by atoms with Crippen molar-refractivity contribution in [2.45, 2.75) is 59.0 Å². The van der Waals surface area contributed by atoms with Gasteiger partial charge in [0.1, 0.15) is 17.4 Å². The molecule has 0 aliphatic carbocycles. The van der Waals surface area contributed by atoms with Crippen LogP contribution < -0.4 is 9.64 Å². The fraction of sp³-hybridized carbons (Fsp3) is 0.333. The van der Waals surface area contributed by atoms with Gasteiger partial charge in [-0.25, -0.2) is 0 Å². The van der Waals surface area contributed by atoms with Gasteiger partial charge in [0, 0.05) is 36.0 Å². The summed E-state index contributed by atoms with van der Waals surface area (Å²) in [5.74, 6) is 1.18. The Balaban J connectivity index is 1.83. The van der Waals surface area contributed by atoms with Crippen molar-refractivity contribution in [1.82, 2.24) is 0 Å². The lowest BCUT2D eigenvalue weighted by Gasteiger charge is -2.27. The molecule has 1 unspecified atom stereocenters. The molecule has 2 aromatic rings. The van der Waals surface area contributed by atoms with Crippen molar-refractivity contribution in [3.63, 3.8) is 0 Å². The van der Waals surface area contributed by atoms with E-state index in [9.17, 15) is 10.5 Å². The predicted octanol–water partition coefficient (Wildman–Crippen LogP) is 8.79. The smallest absolute Gasteiger partial charge is 0.158 e. The lowest BCUT2D eigenvalue weighted by Crippen LogP contribution is -2.25. The summed E-state index contributed by atoms with van der Waals surface area (Å²) >= 11 is 0. The molecule has 0 N–H and O–H groups in total. The van der Waals surface area contributed by atoms with Crippen LogP contribution in [0.1, 0.15) is 64.5 Å². The SMILES string of the molecule is CCCCN(CCCC)c1ccc(/C=C/C=C/C=C/C2=C(C#N)C(=C(\C)C#N)/OC2(C)c2ccccc2)c(OC)c1. The van der Waals surface area contributed by atoms with Crippen LogP contribution in [0.5, 0.6) is 5.75 Å². The number of allylic oxidation sites excluding steroid dienone is 6. The largest absolute Gasteiger partial charge is 0.496 e. The van der Waals surface area contributed by atoms with E-state index >= 15 is 0 Å². The third-order valence-electron chi connectivity index (χ3n) is 7.28. The fourth-order valence-corrected chi connectivity index (χ4v) is 4.85. The van der Waals surface area contributed by atoms with Gasteiger partial charge in [-0.1, -0.05) is 93.5 Å². The lowest BCUT2D eigenvalue weighted by atomic mass is 9.86. The number of methoxy groups -OCH3 is 1. The van der Waals surface area contributed by atoms with Crippen molar-refractivity contribution in [2.75, 3.05) is 25.1 Å². The molecule has 2 aromatic carbocycles. The molecule has 0 aromatic heterocycles. The molecule has 1 aliphatic heterocycles. The van der Waals surface area contributed by atoms with Crippen LogP contribution in [0.15, 0.2) is 101 Å². The van der Waals surface area contributed by atoms with E-state index in [1.54, 1.807) is 14.0 Å². The molecule has 0 bridgehead atoms. The fourth-order valence-electron chi connectivity index (χ4n) is 4.85. The Bertz CT molecular complexity index is 1410. The Morgan fingerprint density at radius 2 is 1.61 bits per heavy atom. The molecule has 212 valence electrons. The van der Waals surface area contributed by atoms with Crippen LogP contribution in [-0.4, -0.2) is 20.2 Å². The van der Waals surface area contributed by atoms with Crippen molar-refractivity contribution < 1.29 is 9.47 Å². The molecule has 0 radical (unpaired) electrons. The van der Waals surface area contributed by atoms with Crippen molar-refractivity contribution in [1.29, 1.82) is 10.5 Å². The van der Waals surface area contributed by atoms with E-state index in [-0.39, 0.29) is 0 Å². The molecule has 1 atom stereocenters. The van der Waals surface area contributed by atoms with Crippen LogP contribution in [0.25, 0.3) is 6.08 Å². The molecule has 0 saturated carbocycles. The van der Waals surface area contributed by atoms with Crippen LogP contribution >= 0.6 is 0 Å². The Kier molecular flexibility index (Phi) is 11.6. The van der Waals surface area contributed by atoms with Gasteiger partial charge in [0.15, 0.2) is 11.4 Å². The monoisotopic (exact) mass is 547 g/mol. The Morgan fingerprint density at radius 1 is 0.951 bits per heavy atom. The minimum absolute atomic E-state index is 0.336. The zero-order valence-corrected chi connectivity index (χ0v) is 25.0. The molecular formula is C36H41N3O2. The summed E-state index contributed by atoms with van der Waals surface area (Å²) in [6.45, 7) is 10.2. The highest BCUT2D eigenvalue weighted by Crippen LogP contribution is 2.46. The Morgan fingerprint density at radius 3 is 2.20 bits per heavy atom. The highest BCUT2D eigenvalue weighted by molar-refractivity contribution is 5.65. The van der Waals surface area contributed by atoms with Gasteiger partial charge in [0.25, 0.3) is 0 Å². The van der Waals surface area contributed by atoms with E-state index < -0.39 is 5.60 Å². The first-order valence-corrected chi connectivity index (χ1v) is 14.4. The summed E-state index contributed by atoms with van der Waals surface area (Å²) in [7, 11) is 1.71. The van der Waals surface area contributed by atoms with E-state index in [1.807, 2.05) is 73.7 Å². The summed E-state index contributed by atoms with van der Waals surface area (Å²) in [5.41, 5.74) is 3.72. The maximum absolute atomic E-state index is 9.98. The van der Waals surface area contributed by atoms with Crippen molar-refractivity contribution >= 4 is 11.8 Å². The first kappa shape index (κ1) is 31.1. The van der Waals surface area contributed by atoms with Gasteiger partial charge in [-0.3, -0.25) is 0 Å². The zero-order chi connectivity index (χ0) is 29.7. The molecule has 0 saturated heterocycles. The van der Waals surface area contributed by atoms with E-state index in [0.717, 1.165) is 35.5 Å². The number of anilines is 1. The second kappa shape index (κ2) is 15.3. The molecule has 0 amide bonds. The maximum Gasteiger partial charge on any atom is 0.158 e. The molecule has 1 heterocycles. The van der Waals surface area contributed by atoms with Crippen molar-refractivity contribution in [3.05, 3.63) is 113 Å². The van der Waals surface area contributed by atoms with Gasteiger partial charge in [-0.05, 0) is 44.4 Å². The minimum atomic E-state index is -0.878. The number of hydrogen-bond acceptors (Lipinski definition) is 5. The molecule has 41 heavy (non-hydrogen) atoms. The number of nitrogens with zero attached hydrogens (tertiary/aromatic N) is 3. The van der Waals surface area contributed by atoms with Gasteiger partial charge in [-0.15, -0.1) is 0 Å². The topological polar surface area (TPSA) is 69.3 Å².